The highest BCUT2D eigenvalue weighted by molar-refractivity contribution is 8.00. The number of ether oxygens (including phenoxy) is 2. The van der Waals surface area contributed by atoms with Crippen molar-refractivity contribution in [3.05, 3.63) is 23.8 Å². The number of methoxy groups -OCH3 is 1. The normalized spacial score (nSPS) is 21.8. The predicted molar refractivity (Wildman–Crippen MR) is 81.4 cm³/mol. The van der Waals surface area contributed by atoms with Crippen molar-refractivity contribution in [2.75, 3.05) is 19.4 Å². The molecule has 1 heterocycles. The minimum Gasteiger partial charge on any atom is -0.493 e. The van der Waals surface area contributed by atoms with Gasteiger partial charge in [0.05, 0.1) is 7.11 Å². The monoisotopic (exact) mass is 317 g/mol. The van der Waals surface area contributed by atoms with E-state index in [2.05, 4.69) is 17.0 Å². The van der Waals surface area contributed by atoms with Gasteiger partial charge in [0.2, 0.25) is 0 Å². The Hall–Kier alpha value is -1.01. The Balaban J connectivity index is 2.01. The Bertz CT molecular complexity index is 465. The van der Waals surface area contributed by atoms with E-state index >= 15 is 0 Å². The van der Waals surface area contributed by atoms with Crippen LogP contribution in [0.25, 0.3) is 0 Å². The maximum absolute atomic E-state index is 12.5. The minimum absolute atomic E-state index is 0.117. The van der Waals surface area contributed by atoms with E-state index in [1.807, 2.05) is 11.8 Å². The lowest BCUT2D eigenvalue weighted by Gasteiger charge is -2.23. The van der Waals surface area contributed by atoms with Gasteiger partial charge in [-0.3, -0.25) is 0 Å². The quantitative estimate of drug-likeness (QED) is 0.831. The zero-order chi connectivity index (χ0) is 15.3. The molecule has 1 aliphatic rings. The van der Waals surface area contributed by atoms with Crippen molar-refractivity contribution in [2.24, 2.45) is 0 Å². The van der Waals surface area contributed by atoms with E-state index in [-0.39, 0.29) is 10.5 Å². The maximum Gasteiger partial charge on any atom is 0.387 e. The van der Waals surface area contributed by atoms with Crippen LogP contribution in [0, 0.1) is 0 Å². The molecule has 1 aromatic rings. The Morgan fingerprint density at radius 1 is 1.43 bits per heavy atom. The maximum atomic E-state index is 12.5. The Morgan fingerprint density at radius 2 is 2.24 bits per heavy atom. The molecule has 0 amide bonds. The second-order valence-corrected chi connectivity index (χ2v) is 7.02. The van der Waals surface area contributed by atoms with Crippen LogP contribution >= 0.6 is 11.8 Å². The average molecular weight is 317 g/mol. The number of alkyl halides is 2. The van der Waals surface area contributed by atoms with E-state index in [1.54, 1.807) is 18.2 Å². The molecule has 1 N–H and O–H groups in total. The summed E-state index contributed by atoms with van der Waals surface area (Å²) in [5, 5.41) is 3.35. The number of rotatable bonds is 7. The van der Waals surface area contributed by atoms with Crippen molar-refractivity contribution < 1.29 is 18.3 Å². The third-order valence-corrected chi connectivity index (χ3v) is 5.14. The molecule has 0 aromatic heterocycles. The van der Waals surface area contributed by atoms with Gasteiger partial charge in [0.1, 0.15) is 0 Å². The molecule has 1 atom stereocenters. The summed E-state index contributed by atoms with van der Waals surface area (Å²) in [7, 11) is 1.45. The van der Waals surface area contributed by atoms with Crippen LogP contribution in [0.1, 0.15) is 25.3 Å². The SMILES string of the molecule is COc1cccc(CNCC2(C)CCCS2)c1OC(F)F. The van der Waals surface area contributed by atoms with E-state index in [1.165, 1.54) is 25.7 Å². The summed E-state index contributed by atoms with van der Waals surface area (Å²) >= 11 is 1.96. The molecule has 1 unspecified atom stereocenters. The predicted octanol–water partition coefficient (Wildman–Crippen LogP) is 3.67. The standard InChI is InChI=1S/C15H21F2NO2S/c1-15(7-4-8-21-15)10-18-9-11-5-3-6-12(19-2)13(11)20-14(16)17/h3,5-6,14,18H,4,7-10H2,1-2H3. The van der Waals surface area contributed by atoms with Crippen molar-refractivity contribution >= 4 is 11.8 Å². The molecule has 0 bridgehead atoms. The first kappa shape index (κ1) is 16.4. The lowest BCUT2D eigenvalue weighted by atomic mass is 10.1. The van der Waals surface area contributed by atoms with Crippen LogP contribution in [0.2, 0.25) is 0 Å². The third-order valence-electron chi connectivity index (χ3n) is 3.60. The molecular weight excluding hydrogens is 296 g/mol. The van der Waals surface area contributed by atoms with Crippen molar-refractivity contribution in [1.29, 1.82) is 0 Å². The Labute approximate surface area is 128 Å². The summed E-state index contributed by atoms with van der Waals surface area (Å²) in [4.78, 5) is 0. The van der Waals surface area contributed by atoms with Crippen molar-refractivity contribution in [1.82, 2.24) is 5.32 Å². The van der Waals surface area contributed by atoms with E-state index in [0.717, 1.165) is 6.54 Å². The molecule has 0 spiro atoms. The highest BCUT2D eigenvalue weighted by atomic mass is 32.2. The number of hydrogen-bond acceptors (Lipinski definition) is 4. The van der Waals surface area contributed by atoms with Gasteiger partial charge in [0.25, 0.3) is 0 Å². The summed E-state index contributed by atoms with van der Waals surface area (Å²) in [6.07, 6.45) is 2.42. The first-order valence-electron chi connectivity index (χ1n) is 6.99. The number of hydrogen-bond donors (Lipinski definition) is 1. The fourth-order valence-electron chi connectivity index (χ4n) is 2.52. The fraction of sp³-hybridized carbons (Fsp3) is 0.600. The summed E-state index contributed by atoms with van der Waals surface area (Å²) in [6, 6.07) is 5.17. The molecule has 0 saturated carbocycles. The van der Waals surface area contributed by atoms with Crippen LogP contribution < -0.4 is 14.8 Å². The minimum atomic E-state index is -2.86. The number of benzene rings is 1. The van der Waals surface area contributed by atoms with Crippen LogP contribution in [-0.2, 0) is 6.54 Å². The highest BCUT2D eigenvalue weighted by Crippen LogP contribution is 2.37. The molecule has 1 saturated heterocycles. The van der Waals surface area contributed by atoms with Crippen molar-refractivity contribution in [3.63, 3.8) is 0 Å². The number of nitrogens with one attached hydrogen (secondary N) is 1. The summed E-state index contributed by atoms with van der Waals surface area (Å²) in [6.45, 7) is 0.709. The molecule has 1 aromatic carbocycles. The molecule has 1 aliphatic heterocycles. The smallest absolute Gasteiger partial charge is 0.387 e. The van der Waals surface area contributed by atoms with Gasteiger partial charge in [-0.05, 0) is 31.6 Å². The van der Waals surface area contributed by atoms with Gasteiger partial charge >= 0.3 is 6.61 Å². The summed E-state index contributed by atoms with van der Waals surface area (Å²) in [5.74, 6) is 1.64. The first-order chi connectivity index (χ1) is 10.0. The molecule has 6 heteroatoms. The number of para-hydroxylation sites is 1. The van der Waals surface area contributed by atoms with Gasteiger partial charge < -0.3 is 14.8 Å². The molecule has 118 valence electrons. The number of thioether (sulfide) groups is 1. The second kappa shape index (κ2) is 7.31. The molecule has 2 rings (SSSR count). The van der Waals surface area contributed by atoms with Gasteiger partial charge in [-0.15, -0.1) is 0 Å². The van der Waals surface area contributed by atoms with Crippen LogP contribution in [0.15, 0.2) is 18.2 Å². The third kappa shape index (κ3) is 4.48. The van der Waals surface area contributed by atoms with E-state index in [4.69, 9.17) is 4.74 Å². The topological polar surface area (TPSA) is 30.5 Å². The van der Waals surface area contributed by atoms with E-state index in [0.29, 0.717) is 17.9 Å². The van der Waals surface area contributed by atoms with Crippen molar-refractivity contribution in [2.45, 2.75) is 37.7 Å². The van der Waals surface area contributed by atoms with E-state index in [9.17, 15) is 8.78 Å². The van der Waals surface area contributed by atoms with Gasteiger partial charge in [-0.25, -0.2) is 0 Å². The van der Waals surface area contributed by atoms with Gasteiger partial charge in [0, 0.05) is 23.4 Å². The van der Waals surface area contributed by atoms with Gasteiger partial charge in [0.15, 0.2) is 11.5 Å². The lowest BCUT2D eigenvalue weighted by Crippen LogP contribution is -2.32. The fourth-order valence-corrected chi connectivity index (χ4v) is 3.80. The largest absolute Gasteiger partial charge is 0.493 e. The second-order valence-electron chi connectivity index (χ2n) is 5.33. The van der Waals surface area contributed by atoms with Crippen LogP contribution in [0.4, 0.5) is 8.78 Å². The summed E-state index contributed by atoms with van der Waals surface area (Å²) < 4.78 is 35.0. The highest BCUT2D eigenvalue weighted by Gasteiger charge is 2.28. The van der Waals surface area contributed by atoms with Crippen LogP contribution in [0.5, 0.6) is 11.5 Å². The molecule has 3 nitrogen and oxygen atoms in total. The molecule has 1 fully saturated rings. The lowest BCUT2D eigenvalue weighted by molar-refractivity contribution is -0.0518. The van der Waals surface area contributed by atoms with Gasteiger partial charge in [-0.1, -0.05) is 12.1 Å². The average Bonchev–Trinajstić information content (AvgIpc) is 2.87. The Morgan fingerprint density at radius 3 is 2.86 bits per heavy atom. The molecular formula is C15H21F2NO2S. The number of halogens is 2. The van der Waals surface area contributed by atoms with Crippen molar-refractivity contribution in [3.8, 4) is 11.5 Å². The molecule has 21 heavy (non-hydrogen) atoms. The zero-order valence-corrected chi connectivity index (χ0v) is 13.1. The van der Waals surface area contributed by atoms with E-state index < -0.39 is 6.61 Å². The Kier molecular flexibility index (Phi) is 5.70. The molecule has 0 radical (unpaired) electrons. The van der Waals surface area contributed by atoms with Gasteiger partial charge in [-0.2, -0.15) is 20.5 Å². The molecule has 0 aliphatic carbocycles. The van der Waals surface area contributed by atoms with Crippen LogP contribution in [0.3, 0.4) is 0 Å². The van der Waals surface area contributed by atoms with Crippen LogP contribution in [-0.4, -0.2) is 30.8 Å². The summed E-state index contributed by atoms with van der Waals surface area (Å²) in [5.41, 5.74) is 0.682. The first-order valence-corrected chi connectivity index (χ1v) is 7.98. The zero-order valence-electron chi connectivity index (χ0n) is 12.3.